The number of carbonyl (C=O) groups is 1. The molecule has 1 aliphatic rings. The number of hydrogen-bond donors (Lipinski definition) is 2. The fraction of sp³-hybridized carbons (Fsp3) is 0.500. The Morgan fingerprint density at radius 1 is 1.44 bits per heavy atom. The van der Waals surface area contributed by atoms with Gasteiger partial charge in [-0.1, -0.05) is 22.4 Å². The number of carbonyl (C=O) groups excluding carboxylic acids is 1. The van der Waals surface area contributed by atoms with Gasteiger partial charge in [0.25, 0.3) is 5.91 Å². The molecule has 1 fully saturated rings. The summed E-state index contributed by atoms with van der Waals surface area (Å²) in [6.07, 6.45) is 2.65. The van der Waals surface area contributed by atoms with Gasteiger partial charge >= 0.3 is 0 Å². The van der Waals surface area contributed by atoms with Gasteiger partial charge in [0.2, 0.25) is 0 Å². The average molecular weight is 312 g/mol. The molecule has 3 nitrogen and oxygen atoms in total. The van der Waals surface area contributed by atoms with Crippen LogP contribution in [0.2, 0.25) is 0 Å². The first-order chi connectivity index (χ1) is 8.56. The first-order valence-electron chi connectivity index (χ1n) is 6.29. The summed E-state index contributed by atoms with van der Waals surface area (Å²) in [5, 5.41) is 12.6. The van der Waals surface area contributed by atoms with Crippen LogP contribution in [0.25, 0.3) is 0 Å². The lowest BCUT2D eigenvalue weighted by molar-refractivity contribution is 0.0916. The summed E-state index contributed by atoms with van der Waals surface area (Å²) in [5.74, 6) is 0.140. The molecule has 98 valence electrons. The molecular formula is C14H18BrNO2. The Morgan fingerprint density at radius 3 is 2.83 bits per heavy atom. The Labute approximate surface area is 116 Å². The van der Waals surface area contributed by atoms with E-state index in [0.29, 0.717) is 12.1 Å². The molecule has 1 aromatic rings. The quantitative estimate of drug-likeness (QED) is 0.901. The van der Waals surface area contributed by atoms with E-state index in [9.17, 15) is 9.90 Å². The molecule has 0 saturated heterocycles. The SMILES string of the molecule is Cc1cc(Br)cc(C(=O)NCC2CCCC2O)c1. The van der Waals surface area contributed by atoms with Crippen LogP contribution < -0.4 is 5.32 Å². The van der Waals surface area contributed by atoms with Gasteiger partial charge in [-0.15, -0.1) is 0 Å². The maximum Gasteiger partial charge on any atom is 0.251 e. The standard InChI is InChI=1S/C14H18BrNO2/c1-9-5-11(7-12(15)6-9)14(18)16-8-10-3-2-4-13(10)17/h5-7,10,13,17H,2-4,8H2,1H3,(H,16,18). The van der Waals surface area contributed by atoms with Crippen LogP contribution in [-0.4, -0.2) is 23.7 Å². The van der Waals surface area contributed by atoms with Crippen molar-refractivity contribution in [3.63, 3.8) is 0 Å². The van der Waals surface area contributed by atoms with Gasteiger partial charge in [-0.2, -0.15) is 0 Å². The van der Waals surface area contributed by atoms with Gasteiger partial charge in [-0.3, -0.25) is 4.79 Å². The fourth-order valence-corrected chi connectivity index (χ4v) is 3.06. The van der Waals surface area contributed by atoms with Crippen molar-refractivity contribution in [2.45, 2.75) is 32.3 Å². The van der Waals surface area contributed by atoms with Gasteiger partial charge in [0.15, 0.2) is 0 Å². The van der Waals surface area contributed by atoms with E-state index in [-0.39, 0.29) is 17.9 Å². The summed E-state index contributed by atoms with van der Waals surface area (Å²) in [4.78, 5) is 12.0. The van der Waals surface area contributed by atoms with E-state index in [4.69, 9.17) is 0 Å². The molecule has 1 amide bonds. The lowest BCUT2D eigenvalue weighted by Crippen LogP contribution is -2.32. The molecule has 1 aliphatic carbocycles. The molecule has 2 N–H and O–H groups in total. The molecule has 0 radical (unpaired) electrons. The molecule has 0 spiro atoms. The first kappa shape index (κ1) is 13.6. The third-order valence-corrected chi connectivity index (χ3v) is 3.91. The van der Waals surface area contributed by atoms with E-state index >= 15 is 0 Å². The van der Waals surface area contributed by atoms with Crippen LogP contribution in [-0.2, 0) is 0 Å². The number of amides is 1. The second-order valence-corrected chi connectivity index (χ2v) is 5.90. The van der Waals surface area contributed by atoms with E-state index in [1.165, 1.54) is 0 Å². The monoisotopic (exact) mass is 311 g/mol. The molecule has 0 heterocycles. The van der Waals surface area contributed by atoms with Crippen molar-refractivity contribution in [3.8, 4) is 0 Å². The zero-order valence-corrected chi connectivity index (χ0v) is 12.0. The van der Waals surface area contributed by atoms with E-state index in [1.807, 2.05) is 25.1 Å². The molecule has 4 heteroatoms. The maximum atomic E-state index is 12.0. The summed E-state index contributed by atoms with van der Waals surface area (Å²) >= 11 is 3.39. The zero-order chi connectivity index (χ0) is 13.1. The van der Waals surface area contributed by atoms with Gasteiger partial charge in [-0.25, -0.2) is 0 Å². The first-order valence-corrected chi connectivity index (χ1v) is 7.09. The zero-order valence-electron chi connectivity index (χ0n) is 10.4. The van der Waals surface area contributed by atoms with Gasteiger partial charge in [0.1, 0.15) is 0 Å². The summed E-state index contributed by atoms with van der Waals surface area (Å²) in [6, 6.07) is 5.65. The van der Waals surface area contributed by atoms with Crippen molar-refractivity contribution < 1.29 is 9.90 Å². The number of hydrogen-bond acceptors (Lipinski definition) is 2. The Bertz CT molecular complexity index is 427. The summed E-state index contributed by atoms with van der Waals surface area (Å²) in [7, 11) is 0. The minimum Gasteiger partial charge on any atom is -0.393 e. The molecule has 18 heavy (non-hydrogen) atoms. The van der Waals surface area contributed by atoms with Crippen LogP contribution in [0.15, 0.2) is 22.7 Å². The number of aliphatic hydroxyl groups excluding tert-OH is 1. The predicted octanol–water partition coefficient (Wildman–Crippen LogP) is 2.65. The lowest BCUT2D eigenvalue weighted by Gasteiger charge is -2.15. The summed E-state index contributed by atoms with van der Waals surface area (Å²) in [5.41, 5.74) is 1.71. The molecule has 0 aliphatic heterocycles. The highest BCUT2D eigenvalue weighted by atomic mass is 79.9. The Hall–Kier alpha value is -0.870. The number of benzene rings is 1. The smallest absolute Gasteiger partial charge is 0.251 e. The van der Waals surface area contributed by atoms with E-state index in [2.05, 4.69) is 21.2 Å². The number of aliphatic hydroxyl groups is 1. The molecule has 0 aromatic heterocycles. The van der Waals surface area contributed by atoms with Crippen molar-refractivity contribution in [1.29, 1.82) is 0 Å². The largest absolute Gasteiger partial charge is 0.393 e. The van der Waals surface area contributed by atoms with Gasteiger partial charge < -0.3 is 10.4 Å². The second kappa shape index (κ2) is 5.85. The normalized spacial score (nSPS) is 23.1. The number of halogens is 1. The summed E-state index contributed by atoms with van der Waals surface area (Å²) in [6.45, 7) is 2.52. The van der Waals surface area contributed by atoms with Crippen LogP contribution in [0.1, 0.15) is 35.2 Å². The van der Waals surface area contributed by atoms with Crippen molar-refractivity contribution in [2.24, 2.45) is 5.92 Å². The molecule has 1 aromatic carbocycles. The van der Waals surface area contributed by atoms with Crippen LogP contribution in [0.5, 0.6) is 0 Å². The maximum absolute atomic E-state index is 12.0. The molecular weight excluding hydrogens is 294 g/mol. The van der Waals surface area contributed by atoms with Gasteiger partial charge in [-0.05, 0) is 43.5 Å². The van der Waals surface area contributed by atoms with Crippen molar-refractivity contribution >= 4 is 21.8 Å². The van der Waals surface area contributed by atoms with E-state index in [0.717, 1.165) is 29.3 Å². The summed E-state index contributed by atoms with van der Waals surface area (Å²) < 4.78 is 0.911. The Balaban J connectivity index is 1.95. The molecule has 2 unspecified atom stereocenters. The number of nitrogens with one attached hydrogen (secondary N) is 1. The minimum absolute atomic E-state index is 0.0708. The average Bonchev–Trinajstić information content (AvgIpc) is 2.70. The van der Waals surface area contributed by atoms with Gasteiger partial charge in [0, 0.05) is 22.5 Å². The molecule has 2 atom stereocenters. The Morgan fingerprint density at radius 2 is 2.22 bits per heavy atom. The number of aryl methyl sites for hydroxylation is 1. The third kappa shape index (κ3) is 3.33. The highest BCUT2D eigenvalue weighted by Gasteiger charge is 2.25. The Kier molecular flexibility index (Phi) is 4.40. The molecule has 1 saturated carbocycles. The van der Waals surface area contributed by atoms with E-state index < -0.39 is 0 Å². The fourth-order valence-electron chi connectivity index (χ4n) is 2.45. The van der Waals surface area contributed by atoms with Crippen molar-refractivity contribution in [2.75, 3.05) is 6.54 Å². The lowest BCUT2D eigenvalue weighted by atomic mass is 10.1. The van der Waals surface area contributed by atoms with Gasteiger partial charge in [0.05, 0.1) is 6.10 Å². The minimum atomic E-state index is -0.255. The predicted molar refractivity (Wildman–Crippen MR) is 74.6 cm³/mol. The van der Waals surface area contributed by atoms with Crippen LogP contribution in [0.4, 0.5) is 0 Å². The van der Waals surface area contributed by atoms with Crippen LogP contribution in [0.3, 0.4) is 0 Å². The highest BCUT2D eigenvalue weighted by molar-refractivity contribution is 9.10. The topological polar surface area (TPSA) is 49.3 Å². The highest BCUT2D eigenvalue weighted by Crippen LogP contribution is 2.24. The van der Waals surface area contributed by atoms with Crippen LogP contribution in [0, 0.1) is 12.8 Å². The third-order valence-electron chi connectivity index (χ3n) is 3.45. The molecule has 2 rings (SSSR count). The van der Waals surface area contributed by atoms with Crippen LogP contribution >= 0.6 is 15.9 Å². The second-order valence-electron chi connectivity index (χ2n) is 4.99. The van der Waals surface area contributed by atoms with Crippen molar-refractivity contribution in [1.82, 2.24) is 5.32 Å². The molecule has 0 bridgehead atoms. The van der Waals surface area contributed by atoms with Crippen molar-refractivity contribution in [3.05, 3.63) is 33.8 Å². The van der Waals surface area contributed by atoms with E-state index in [1.54, 1.807) is 0 Å². The number of rotatable bonds is 3.